The lowest BCUT2D eigenvalue weighted by atomic mass is 10.2. The van der Waals surface area contributed by atoms with E-state index < -0.39 is 36.4 Å². The molecule has 0 unspecified atom stereocenters. The first-order valence-electron chi connectivity index (χ1n) is 9.62. The highest BCUT2D eigenvalue weighted by atomic mass is 32.2. The van der Waals surface area contributed by atoms with Crippen LogP contribution in [0.25, 0.3) is 0 Å². The van der Waals surface area contributed by atoms with Crippen molar-refractivity contribution in [1.29, 1.82) is 0 Å². The average molecular weight is 489 g/mol. The van der Waals surface area contributed by atoms with Crippen LogP contribution < -0.4 is 0 Å². The van der Waals surface area contributed by atoms with Crippen LogP contribution in [0.2, 0.25) is 0 Å². The Kier molecular flexibility index (Phi) is 7.28. The number of sulfone groups is 1. The van der Waals surface area contributed by atoms with Crippen molar-refractivity contribution >= 4 is 25.8 Å². The molecule has 0 aliphatic carbocycles. The maximum Gasteiger partial charge on any atom is 0.253 e. The summed E-state index contributed by atoms with van der Waals surface area (Å²) in [5.41, 5.74) is 0.253. The molecule has 0 spiro atoms. The summed E-state index contributed by atoms with van der Waals surface area (Å²) in [4.78, 5) is 13.5. The van der Waals surface area contributed by atoms with Gasteiger partial charge in [-0.2, -0.15) is 4.31 Å². The summed E-state index contributed by atoms with van der Waals surface area (Å²) >= 11 is 0. The second-order valence-corrected chi connectivity index (χ2v) is 11.1. The Balaban J connectivity index is 1.67. The minimum atomic E-state index is -4.26. The van der Waals surface area contributed by atoms with Gasteiger partial charge in [-0.1, -0.05) is 0 Å². The Morgan fingerprint density at radius 2 is 1.59 bits per heavy atom. The Bertz CT molecular complexity index is 1190. The smallest absolute Gasteiger partial charge is 0.253 e. The van der Waals surface area contributed by atoms with E-state index >= 15 is 0 Å². The third-order valence-corrected chi connectivity index (χ3v) is 8.66. The third kappa shape index (κ3) is 5.14. The first-order valence-corrected chi connectivity index (χ1v) is 12.7. The van der Waals surface area contributed by atoms with E-state index in [0.717, 1.165) is 16.4 Å². The first kappa shape index (κ1) is 24.2. The summed E-state index contributed by atoms with van der Waals surface area (Å²) in [6.45, 7) is -0.0392. The minimum absolute atomic E-state index is 0.0445. The summed E-state index contributed by atoms with van der Waals surface area (Å²) in [6.07, 6.45) is 0. The number of hydrogen-bond acceptors (Lipinski definition) is 6. The van der Waals surface area contributed by atoms with E-state index in [0.29, 0.717) is 6.07 Å². The fraction of sp³-hybridized carbons (Fsp3) is 0.350. The summed E-state index contributed by atoms with van der Waals surface area (Å²) in [6, 6.07) is 7.68. The third-order valence-electron chi connectivity index (χ3n) is 5.05. The molecule has 0 aromatic heterocycles. The lowest BCUT2D eigenvalue weighted by Gasteiger charge is -2.34. The van der Waals surface area contributed by atoms with Crippen molar-refractivity contribution in [2.45, 2.75) is 9.79 Å². The predicted molar refractivity (Wildman–Crippen MR) is 111 cm³/mol. The van der Waals surface area contributed by atoms with Crippen LogP contribution in [0, 0.1) is 11.6 Å². The Labute approximate surface area is 185 Å². The molecule has 3 rings (SSSR count). The zero-order chi connectivity index (χ0) is 23.5. The molecule has 1 saturated heterocycles. The van der Waals surface area contributed by atoms with Gasteiger partial charge in [0.1, 0.15) is 16.5 Å². The average Bonchev–Trinajstić information content (AvgIpc) is 2.79. The molecule has 1 amide bonds. The second kappa shape index (κ2) is 9.61. The van der Waals surface area contributed by atoms with Crippen LogP contribution in [0.4, 0.5) is 8.78 Å². The predicted octanol–water partition coefficient (Wildman–Crippen LogP) is 1.53. The van der Waals surface area contributed by atoms with Crippen LogP contribution in [-0.4, -0.2) is 77.6 Å². The number of nitrogens with zero attached hydrogens (tertiary/aromatic N) is 2. The van der Waals surface area contributed by atoms with Gasteiger partial charge in [-0.05, 0) is 42.5 Å². The van der Waals surface area contributed by atoms with Gasteiger partial charge in [0.15, 0.2) is 9.84 Å². The number of sulfonamides is 1. The monoisotopic (exact) mass is 488 g/mol. The molecule has 1 aliphatic heterocycles. The molecule has 0 atom stereocenters. The van der Waals surface area contributed by atoms with Gasteiger partial charge in [-0.25, -0.2) is 25.6 Å². The number of hydrogen-bond donors (Lipinski definition) is 0. The first-order chi connectivity index (χ1) is 15.1. The van der Waals surface area contributed by atoms with E-state index in [4.69, 9.17) is 4.74 Å². The maximum atomic E-state index is 13.9. The van der Waals surface area contributed by atoms with Crippen molar-refractivity contribution in [1.82, 2.24) is 9.21 Å². The van der Waals surface area contributed by atoms with Crippen molar-refractivity contribution in [2.24, 2.45) is 0 Å². The quantitative estimate of drug-likeness (QED) is 0.586. The second-order valence-electron chi connectivity index (χ2n) is 7.11. The number of carbonyl (C=O) groups excluding carboxylic acids is 1. The van der Waals surface area contributed by atoms with Gasteiger partial charge >= 0.3 is 0 Å². The van der Waals surface area contributed by atoms with Crippen LogP contribution in [0.15, 0.2) is 52.3 Å². The molecule has 1 heterocycles. The topological polar surface area (TPSA) is 101 Å². The number of benzene rings is 2. The van der Waals surface area contributed by atoms with Gasteiger partial charge < -0.3 is 9.64 Å². The van der Waals surface area contributed by atoms with Gasteiger partial charge in [-0.15, -0.1) is 0 Å². The molecular formula is C20H22F2N2O6S2. The number of methoxy groups -OCH3 is 1. The molecule has 32 heavy (non-hydrogen) atoms. The summed E-state index contributed by atoms with van der Waals surface area (Å²) in [7, 11) is -6.38. The summed E-state index contributed by atoms with van der Waals surface area (Å²) in [5.74, 6) is -2.49. The largest absolute Gasteiger partial charge is 0.384 e. The Morgan fingerprint density at radius 3 is 2.19 bits per heavy atom. The lowest BCUT2D eigenvalue weighted by molar-refractivity contribution is 0.0697. The lowest BCUT2D eigenvalue weighted by Crippen LogP contribution is -2.50. The van der Waals surface area contributed by atoms with Crippen LogP contribution in [0.3, 0.4) is 0 Å². The number of rotatable bonds is 7. The number of amides is 1. The molecule has 174 valence electrons. The fourth-order valence-corrected chi connectivity index (χ4v) is 5.91. The molecule has 12 heteroatoms. The molecule has 0 radical (unpaired) electrons. The van der Waals surface area contributed by atoms with Gasteiger partial charge in [0, 0.05) is 38.9 Å². The van der Waals surface area contributed by atoms with Crippen molar-refractivity contribution in [2.75, 3.05) is 45.6 Å². The van der Waals surface area contributed by atoms with Crippen molar-refractivity contribution in [3.63, 3.8) is 0 Å². The van der Waals surface area contributed by atoms with E-state index in [2.05, 4.69) is 0 Å². The summed E-state index contributed by atoms with van der Waals surface area (Å²) in [5, 5.41) is 0. The maximum absolute atomic E-state index is 13.9. The molecular weight excluding hydrogens is 466 g/mol. The van der Waals surface area contributed by atoms with E-state index in [1.54, 1.807) is 0 Å². The number of ether oxygens (including phenoxy) is 1. The molecule has 1 fully saturated rings. The molecule has 0 bridgehead atoms. The number of piperazine rings is 1. The van der Waals surface area contributed by atoms with Gasteiger partial charge in [0.2, 0.25) is 10.0 Å². The Morgan fingerprint density at radius 1 is 0.969 bits per heavy atom. The van der Waals surface area contributed by atoms with E-state index in [1.807, 2.05) is 0 Å². The van der Waals surface area contributed by atoms with Crippen LogP contribution in [0.1, 0.15) is 10.4 Å². The van der Waals surface area contributed by atoms with E-state index in [9.17, 15) is 30.4 Å². The molecule has 2 aromatic rings. The highest BCUT2D eigenvalue weighted by Gasteiger charge is 2.32. The number of carbonyl (C=O) groups is 1. The van der Waals surface area contributed by atoms with E-state index in [-0.39, 0.29) is 54.9 Å². The van der Waals surface area contributed by atoms with Gasteiger partial charge in [0.05, 0.1) is 17.3 Å². The van der Waals surface area contributed by atoms with Gasteiger partial charge in [0.25, 0.3) is 5.91 Å². The normalized spacial score (nSPS) is 15.7. The SMILES string of the molecule is COCCS(=O)(=O)c1ccc(C(=O)N2CCN(S(=O)(=O)c3cc(F)ccc3F)CC2)cc1. The van der Waals surface area contributed by atoms with Gasteiger partial charge in [-0.3, -0.25) is 4.79 Å². The molecule has 0 saturated carbocycles. The number of halogens is 2. The molecule has 1 aliphatic rings. The highest BCUT2D eigenvalue weighted by Crippen LogP contribution is 2.22. The molecule has 0 N–H and O–H groups in total. The van der Waals surface area contributed by atoms with Crippen molar-refractivity contribution < 1.29 is 35.1 Å². The zero-order valence-corrected chi connectivity index (χ0v) is 18.8. The zero-order valence-electron chi connectivity index (χ0n) is 17.2. The summed E-state index contributed by atoms with van der Waals surface area (Å²) < 4.78 is 82.8. The molecule has 8 nitrogen and oxygen atoms in total. The fourth-order valence-electron chi connectivity index (χ4n) is 3.24. The van der Waals surface area contributed by atoms with Crippen LogP contribution in [-0.2, 0) is 24.6 Å². The standard InChI is InChI=1S/C20H22F2N2O6S2/c1-30-12-13-31(26,27)17-5-2-15(3-6-17)20(25)23-8-10-24(11-9-23)32(28,29)19-14-16(21)4-7-18(19)22/h2-7,14H,8-13H2,1H3. The highest BCUT2D eigenvalue weighted by molar-refractivity contribution is 7.91. The molecule has 2 aromatic carbocycles. The van der Waals surface area contributed by atoms with Crippen LogP contribution in [0.5, 0.6) is 0 Å². The van der Waals surface area contributed by atoms with E-state index in [1.165, 1.54) is 36.3 Å². The Hall–Kier alpha value is -2.41. The minimum Gasteiger partial charge on any atom is -0.384 e. The van der Waals surface area contributed by atoms with Crippen molar-refractivity contribution in [3.05, 3.63) is 59.7 Å². The van der Waals surface area contributed by atoms with Crippen molar-refractivity contribution in [3.8, 4) is 0 Å². The van der Waals surface area contributed by atoms with Crippen LogP contribution >= 0.6 is 0 Å².